The van der Waals surface area contributed by atoms with Gasteiger partial charge in [-0.2, -0.15) is 0 Å². The smallest absolute Gasteiger partial charge is 0.154 e. The Kier molecular flexibility index (Phi) is 4.19. The van der Waals surface area contributed by atoms with E-state index < -0.39 is 14.6 Å². The molecule has 0 saturated carbocycles. The summed E-state index contributed by atoms with van der Waals surface area (Å²) in [5, 5.41) is 3.05. The van der Waals surface area contributed by atoms with E-state index in [1.807, 2.05) is 13.0 Å². The monoisotopic (exact) mass is 320 g/mol. The molecule has 17 heavy (non-hydrogen) atoms. The predicted molar refractivity (Wildman–Crippen MR) is 74.1 cm³/mol. The summed E-state index contributed by atoms with van der Waals surface area (Å²) in [4.78, 5) is 4.17. The van der Waals surface area contributed by atoms with E-state index in [9.17, 15) is 8.42 Å². The van der Waals surface area contributed by atoms with E-state index in [2.05, 4.69) is 26.2 Å². The molecule has 1 aromatic rings. The van der Waals surface area contributed by atoms with E-state index in [1.54, 1.807) is 20.0 Å². The van der Waals surface area contributed by atoms with Gasteiger partial charge in [-0.3, -0.25) is 0 Å². The van der Waals surface area contributed by atoms with Gasteiger partial charge >= 0.3 is 0 Å². The summed E-state index contributed by atoms with van der Waals surface area (Å²) >= 11 is 3.37. The van der Waals surface area contributed by atoms with Crippen LogP contribution in [-0.4, -0.2) is 30.9 Å². The quantitative estimate of drug-likeness (QED) is 0.925. The van der Waals surface area contributed by atoms with Crippen molar-refractivity contribution >= 4 is 31.6 Å². The Bertz CT molecular complexity index is 512. The summed E-state index contributed by atoms with van der Waals surface area (Å²) in [6, 6.07) is 1.88. The van der Waals surface area contributed by atoms with Crippen molar-refractivity contribution in [2.24, 2.45) is 0 Å². The summed E-state index contributed by atoms with van der Waals surface area (Å²) < 4.78 is 23.2. The second kappa shape index (κ2) is 4.94. The molecule has 0 amide bonds. The molecule has 96 valence electrons. The van der Waals surface area contributed by atoms with E-state index in [4.69, 9.17) is 0 Å². The Balaban J connectivity index is 2.78. The van der Waals surface area contributed by atoms with Gasteiger partial charge in [0.1, 0.15) is 5.82 Å². The molecule has 0 aromatic carbocycles. The third-order valence-electron chi connectivity index (χ3n) is 2.75. The Morgan fingerprint density at radius 2 is 2.06 bits per heavy atom. The molecular formula is C11H17BrN2O2S. The van der Waals surface area contributed by atoms with Crippen LogP contribution in [0.3, 0.4) is 0 Å². The van der Waals surface area contributed by atoms with Gasteiger partial charge < -0.3 is 5.32 Å². The minimum Gasteiger partial charge on any atom is -0.368 e. The second-order valence-electron chi connectivity index (χ2n) is 4.70. The van der Waals surface area contributed by atoms with Crippen LogP contribution in [0.1, 0.15) is 19.4 Å². The van der Waals surface area contributed by atoms with Crippen LogP contribution >= 0.6 is 15.9 Å². The maximum atomic E-state index is 11.5. The molecule has 0 atom stereocenters. The molecule has 0 saturated heterocycles. The minimum atomic E-state index is -3.09. The zero-order valence-electron chi connectivity index (χ0n) is 10.4. The average Bonchev–Trinajstić information content (AvgIpc) is 2.18. The highest BCUT2D eigenvalue weighted by molar-refractivity contribution is 9.10. The largest absolute Gasteiger partial charge is 0.368 e. The molecule has 0 fully saturated rings. The summed E-state index contributed by atoms with van der Waals surface area (Å²) in [5.41, 5.74) is 1.06. The summed E-state index contributed by atoms with van der Waals surface area (Å²) in [5.74, 6) is 0.683. The van der Waals surface area contributed by atoms with Crippen LogP contribution in [-0.2, 0) is 9.84 Å². The van der Waals surface area contributed by atoms with Gasteiger partial charge in [-0.1, -0.05) is 0 Å². The molecule has 0 aliphatic heterocycles. The molecule has 1 aromatic heterocycles. The summed E-state index contributed by atoms with van der Waals surface area (Å²) in [7, 11) is -3.09. The number of aromatic nitrogens is 1. The zero-order chi connectivity index (χ0) is 13.3. The fraction of sp³-hybridized carbons (Fsp3) is 0.545. The Labute approximate surface area is 111 Å². The number of anilines is 1. The topological polar surface area (TPSA) is 59.1 Å². The number of hydrogen-bond donors (Lipinski definition) is 1. The molecule has 0 aliphatic carbocycles. The minimum absolute atomic E-state index is 0.333. The van der Waals surface area contributed by atoms with E-state index in [1.165, 1.54) is 6.26 Å². The lowest BCUT2D eigenvalue weighted by molar-refractivity contribution is 0.559. The molecule has 6 heteroatoms. The molecule has 1 heterocycles. The number of nitrogens with one attached hydrogen (secondary N) is 1. The first-order chi connectivity index (χ1) is 7.63. The van der Waals surface area contributed by atoms with Crippen LogP contribution in [0, 0.1) is 6.92 Å². The van der Waals surface area contributed by atoms with Crippen LogP contribution in [0.25, 0.3) is 0 Å². The van der Waals surface area contributed by atoms with Crippen molar-refractivity contribution < 1.29 is 8.42 Å². The average molecular weight is 321 g/mol. The third-order valence-corrected chi connectivity index (χ3v) is 5.73. The van der Waals surface area contributed by atoms with Crippen molar-refractivity contribution in [3.05, 3.63) is 22.3 Å². The van der Waals surface area contributed by atoms with Gasteiger partial charge in [0.05, 0.1) is 4.75 Å². The van der Waals surface area contributed by atoms with Crippen molar-refractivity contribution in [3.8, 4) is 0 Å². The van der Waals surface area contributed by atoms with Crippen LogP contribution in [0.4, 0.5) is 5.82 Å². The van der Waals surface area contributed by atoms with Gasteiger partial charge in [-0.25, -0.2) is 13.4 Å². The predicted octanol–water partition coefficient (Wildman–Crippen LogP) is 2.39. The van der Waals surface area contributed by atoms with Gasteiger partial charge in [-0.05, 0) is 48.3 Å². The molecule has 0 radical (unpaired) electrons. The molecule has 0 bridgehead atoms. The second-order valence-corrected chi connectivity index (χ2v) is 8.21. The normalized spacial score (nSPS) is 12.5. The van der Waals surface area contributed by atoms with Crippen LogP contribution in [0.15, 0.2) is 16.7 Å². The molecule has 1 N–H and O–H groups in total. The Morgan fingerprint density at radius 1 is 1.47 bits per heavy atom. The number of rotatable bonds is 4. The Hall–Kier alpha value is -0.620. The van der Waals surface area contributed by atoms with Gasteiger partial charge in [-0.15, -0.1) is 0 Å². The number of halogens is 1. The van der Waals surface area contributed by atoms with E-state index in [0.717, 1.165) is 10.0 Å². The summed E-state index contributed by atoms with van der Waals surface area (Å²) in [6.07, 6.45) is 2.94. The molecule has 0 aliphatic rings. The molecule has 0 spiro atoms. The lowest BCUT2D eigenvalue weighted by atomic mass is 10.2. The summed E-state index contributed by atoms with van der Waals surface area (Å²) in [6.45, 7) is 5.68. The van der Waals surface area contributed by atoms with Gasteiger partial charge in [0.15, 0.2) is 9.84 Å². The maximum Gasteiger partial charge on any atom is 0.154 e. The van der Waals surface area contributed by atoms with E-state index >= 15 is 0 Å². The van der Waals surface area contributed by atoms with Crippen molar-refractivity contribution in [2.45, 2.75) is 25.5 Å². The highest BCUT2D eigenvalue weighted by Crippen LogP contribution is 2.19. The third kappa shape index (κ3) is 3.67. The van der Waals surface area contributed by atoms with Crippen LogP contribution < -0.4 is 5.32 Å². The van der Waals surface area contributed by atoms with Gasteiger partial charge in [0.25, 0.3) is 0 Å². The fourth-order valence-corrected chi connectivity index (χ4v) is 1.62. The highest BCUT2D eigenvalue weighted by atomic mass is 79.9. The van der Waals surface area contributed by atoms with Gasteiger partial charge in [0.2, 0.25) is 0 Å². The standard InChI is InChI=1S/C11H17BrN2O2S/c1-8-5-10(13-6-9(8)12)14-7-11(2,3)17(4,15)16/h5-6H,7H2,1-4H3,(H,13,14). The maximum absolute atomic E-state index is 11.5. The SMILES string of the molecule is Cc1cc(NCC(C)(C)S(C)(=O)=O)ncc1Br. The molecular weight excluding hydrogens is 304 g/mol. The number of pyridine rings is 1. The highest BCUT2D eigenvalue weighted by Gasteiger charge is 2.29. The van der Waals surface area contributed by atoms with E-state index in [-0.39, 0.29) is 0 Å². The number of sulfone groups is 1. The van der Waals surface area contributed by atoms with E-state index in [0.29, 0.717) is 12.4 Å². The van der Waals surface area contributed by atoms with Crippen LogP contribution in [0.5, 0.6) is 0 Å². The molecule has 0 unspecified atom stereocenters. The fourth-order valence-electron chi connectivity index (χ4n) is 1.07. The number of hydrogen-bond acceptors (Lipinski definition) is 4. The number of nitrogens with zero attached hydrogens (tertiary/aromatic N) is 1. The van der Waals surface area contributed by atoms with Crippen molar-refractivity contribution in [1.82, 2.24) is 4.98 Å². The number of aryl methyl sites for hydroxylation is 1. The van der Waals surface area contributed by atoms with Crippen molar-refractivity contribution in [3.63, 3.8) is 0 Å². The lowest BCUT2D eigenvalue weighted by Crippen LogP contribution is -2.38. The Morgan fingerprint density at radius 3 is 2.53 bits per heavy atom. The van der Waals surface area contributed by atoms with Crippen molar-refractivity contribution in [2.75, 3.05) is 18.1 Å². The first-order valence-corrected chi connectivity index (χ1v) is 7.87. The zero-order valence-corrected chi connectivity index (χ0v) is 12.8. The first kappa shape index (κ1) is 14.4. The van der Waals surface area contributed by atoms with Crippen LogP contribution in [0.2, 0.25) is 0 Å². The molecule has 4 nitrogen and oxygen atoms in total. The molecule has 1 rings (SSSR count). The van der Waals surface area contributed by atoms with Gasteiger partial charge in [0, 0.05) is 23.5 Å². The first-order valence-electron chi connectivity index (χ1n) is 5.19. The van der Waals surface area contributed by atoms with Crippen molar-refractivity contribution in [1.29, 1.82) is 0 Å². The lowest BCUT2D eigenvalue weighted by Gasteiger charge is -2.23.